The topological polar surface area (TPSA) is 0 Å². The summed E-state index contributed by atoms with van der Waals surface area (Å²) in [4.78, 5) is 0. The van der Waals surface area contributed by atoms with Crippen molar-refractivity contribution < 1.29 is 22.4 Å². The fourth-order valence-corrected chi connectivity index (χ4v) is 0. The monoisotopic (exact) mass is 443 g/mol. The Hall–Kier alpha value is 4.40. The Morgan fingerprint density at radius 2 is 1.00 bits per heavy atom. The molecule has 0 aromatic rings. The van der Waals surface area contributed by atoms with E-state index in [1.54, 1.807) is 0 Å². The minimum atomic E-state index is 0. The minimum absolute atomic E-state index is 0. The van der Waals surface area contributed by atoms with E-state index < -0.39 is 0 Å². The van der Waals surface area contributed by atoms with E-state index >= 15 is 0 Å². The molecule has 0 saturated heterocycles. The maximum absolute atomic E-state index is 0. The van der Waals surface area contributed by atoms with Crippen molar-refractivity contribution in [3.8, 4) is 0 Å². The first-order chi connectivity index (χ1) is 0. The second-order valence-electron chi connectivity index (χ2n) is 0. The van der Waals surface area contributed by atoms with E-state index in [-0.39, 0.29) is 133 Å². The molecule has 0 aliphatic carbocycles. The van der Waals surface area contributed by atoms with Crippen LogP contribution in [0.2, 0.25) is 0 Å². The molecule has 0 aliphatic heterocycles. The zero-order valence-electron chi connectivity index (χ0n) is 2.22. The fourth-order valence-electron chi connectivity index (χ4n) is 0. The molecule has 0 nitrogen and oxygen atoms in total. The van der Waals surface area contributed by atoms with Gasteiger partial charge in [-0.15, -0.1) is 0 Å². The first-order valence-electron chi connectivity index (χ1n) is 0. The van der Waals surface area contributed by atoms with Crippen LogP contribution in [-0.4, -0.2) is 111 Å². The van der Waals surface area contributed by atoms with Crippen molar-refractivity contribution in [2.75, 3.05) is 0 Å². The average molecular weight is 443 g/mol. The van der Waals surface area contributed by atoms with Gasteiger partial charge in [-0.1, -0.05) is 0 Å². The smallest absolute Gasteiger partial charge is 0 e. The first-order valence-corrected chi connectivity index (χ1v) is 0. The van der Waals surface area contributed by atoms with Gasteiger partial charge in [0.1, 0.15) is 0 Å². The van der Waals surface area contributed by atoms with Crippen LogP contribution in [0.25, 0.3) is 0 Å². The summed E-state index contributed by atoms with van der Waals surface area (Å²) >= 11 is 0. The van der Waals surface area contributed by atoms with Crippen molar-refractivity contribution in [3.63, 3.8) is 0 Å². The molecule has 0 bridgehead atoms. The van der Waals surface area contributed by atoms with Gasteiger partial charge in [0.2, 0.25) is 0 Å². The van der Waals surface area contributed by atoms with Gasteiger partial charge in [0.25, 0.3) is 0 Å². The molecule has 9 radical (unpaired) electrons. The summed E-state index contributed by atoms with van der Waals surface area (Å²) in [5.74, 6) is 0. The van der Waals surface area contributed by atoms with E-state index in [2.05, 4.69) is 0 Å². The van der Waals surface area contributed by atoms with Crippen molar-refractivity contribution in [1.29, 1.82) is 0 Å². The van der Waals surface area contributed by atoms with Gasteiger partial charge in [-0.05, 0) is 0 Å². The van der Waals surface area contributed by atoms with Gasteiger partial charge in [0.15, 0.2) is 0 Å². The zero-order chi connectivity index (χ0) is 0. The number of hydrogen-bond donors (Lipinski definition) is 0. The Morgan fingerprint density at radius 3 is 1.00 bits per heavy atom. The summed E-state index contributed by atoms with van der Waals surface area (Å²) in [7, 11) is 0. The van der Waals surface area contributed by atoms with Crippen LogP contribution in [0.1, 0.15) is 0 Å². The quantitative estimate of drug-likeness (QED) is 0.416. The molecule has 0 heterocycles. The maximum Gasteiger partial charge on any atom is 0 e. The van der Waals surface area contributed by atoms with E-state index in [1.165, 1.54) is 0 Å². The molecule has 0 spiro atoms. The normalized spacial score (nSPS) is 0. The van der Waals surface area contributed by atoms with Gasteiger partial charge in [-0.3, -0.25) is 0 Å². The second-order valence-corrected chi connectivity index (χ2v) is 0. The van der Waals surface area contributed by atoms with Crippen LogP contribution < -0.4 is 0 Å². The third-order valence-corrected chi connectivity index (χ3v) is 0. The van der Waals surface area contributed by atoms with Gasteiger partial charge in [-0.2, -0.15) is 0 Å². The van der Waals surface area contributed by atoms with Crippen molar-refractivity contribution in [2.45, 2.75) is 0 Å². The van der Waals surface area contributed by atoms with Crippen LogP contribution >= 0.6 is 0 Å². The zero-order valence-corrected chi connectivity index (χ0v) is 13.3. The van der Waals surface area contributed by atoms with Crippen LogP contribution in [0.4, 0.5) is 0 Å². The molecule has 19 valence electrons. The number of rotatable bonds is 0. The summed E-state index contributed by atoms with van der Waals surface area (Å²) in [5, 5.41) is 0. The Morgan fingerprint density at radius 1 is 1.00 bits per heavy atom. The third-order valence-electron chi connectivity index (χ3n) is 0. The average Bonchev–Trinajstić information content (AvgIpc) is 0. The van der Waals surface area contributed by atoms with Crippen LogP contribution in [0.15, 0.2) is 0 Å². The van der Waals surface area contributed by atoms with Gasteiger partial charge in [0, 0.05) is 133 Å². The largest absolute Gasteiger partial charge is 0 e. The summed E-state index contributed by atoms with van der Waals surface area (Å²) in [6.07, 6.45) is 0. The minimum Gasteiger partial charge on any atom is 0 e. The molecule has 0 aromatic carbocycles. The molecule has 0 rings (SSSR count). The van der Waals surface area contributed by atoms with Crippen LogP contribution in [0, 0.1) is 0 Å². The standard InChI is InChI=1S/Ag.Ca.Pb.Sr. The molecule has 0 aliphatic rings. The molecule has 4 heavy (non-hydrogen) atoms. The van der Waals surface area contributed by atoms with Gasteiger partial charge >= 0.3 is 0 Å². The molecular weight excluding hydrogens is 443 g/mol. The Bertz CT molecular complexity index is 8.00. The van der Waals surface area contributed by atoms with E-state index in [0.29, 0.717) is 0 Å². The van der Waals surface area contributed by atoms with Gasteiger partial charge < -0.3 is 0 Å². The molecule has 0 atom stereocenters. The van der Waals surface area contributed by atoms with E-state index in [4.69, 9.17) is 0 Å². The predicted octanol–water partition coefficient (Wildman–Crippen LogP) is -1.14. The Balaban J connectivity index is 0. The van der Waals surface area contributed by atoms with Crippen LogP contribution in [0.5, 0.6) is 0 Å². The third kappa shape index (κ3) is 9.64. The van der Waals surface area contributed by atoms with Crippen molar-refractivity contribution >= 4 is 111 Å². The van der Waals surface area contributed by atoms with E-state index in [1.807, 2.05) is 0 Å². The fraction of sp³-hybridized carbons (Fsp3) is 0. The molecular formula is AgCaPbSr. The summed E-state index contributed by atoms with van der Waals surface area (Å²) in [5.41, 5.74) is 0. The van der Waals surface area contributed by atoms with Crippen molar-refractivity contribution in [1.82, 2.24) is 0 Å². The molecule has 0 saturated carbocycles. The van der Waals surface area contributed by atoms with E-state index in [0.717, 1.165) is 0 Å². The number of hydrogen-bond acceptors (Lipinski definition) is 0. The van der Waals surface area contributed by atoms with Gasteiger partial charge in [-0.25, -0.2) is 0 Å². The Kier molecular flexibility index (Phi) is 93.0. The van der Waals surface area contributed by atoms with E-state index in [9.17, 15) is 0 Å². The molecule has 0 aromatic heterocycles. The summed E-state index contributed by atoms with van der Waals surface area (Å²) < 4.78 is 0. The van der Waals surface area contributed by atoms with Crippen LogP contribution in [-0.2, 0) is 22.4 Å². The summed E-state index contributed by atoms with van der Waals surface area (Å²) in [6.45, 7) is 0. The van der Waals surface area contributed by atoms with Gasteiger partial charge in [0.05, 0.1) is 0 Å². The first kappa shape index (κ1) is 23.8. The van der Waals surface area contributed by atoms with Crippen molar-refractivity contribution in [2.24, 2.45) is 0 Å². The molecule has 0 unspecified atom stereocenters. The van der Waals surface area contributed by atoms with Crippen molar-refractivity contribution in [3.05, 3.63) is 0 Å². The Labute approximate surface area is 129 Å². The molecule has 0 fully saturated rings. The van der Waals surface area contributed by atoms with Crippen LogP contribution in [0.3, 0.4) is 0 Å². The molecule has 0 N–H and O–H groups in total. The second kappa shape index (κ2) is 15.7. The predicted molar refractivity (Wildman–Crippen MR) is 17.3 cm³/mol. The maximum atomic E-state index is 0. The molecule has 4 heteroatoms. The molecule has 0 amide bonds. The summed E-state index contributed by atoms with van der Waals surface area (Å²) in [6, 6.07) is 0. The SMILES string of the molecule is [Ag].[Ca].[Pb].[Sr].